The van der Waals surface area contributed by atoms with Gasteiger partial charge in [0.15, 0.2) is 0 Å². The first-order chi connectivity index (χ1) is 6.95. The molecule has 0 aliphatic carbocycles. The summed E-state index contributed by atoms with van der Waals surface area (Å²) in [5.41, 5.74) is 5.46. The van der Waals surface area contributed by atoms with E-state index in [4.69, 9.17) is 22.7 Å². The van der Waals surface area contributed by atoms with Crippen LogP contribution in [0.1, 0.15) is 20.8 Å². The molecule has 0 saturated carbocycles. The predicted molar refractivity (Wildman–Crippen MR) is 64.7 cm³/mol. The molecule has 88 valence electrons. The van der Waals surface area contributed by atoms with E-state index in [1.807, 2.05) is 13.8 Å². The molecule has 5 heteroatoms. The van der Waals surface area contributed by atoms with Crippen LogP contribution in [-0.2, 0) is 9.53 Å². The van der Waals surface area contributed by atoms with E-state index in [2.05, 4.69) is 0 Å². The fourth-order valence-corrected chi connectivity index (χ4v) is 1.49. The maximum absolute atomic E-state index is 11.9. The summed E-state index contributed by atoms with van der Waals surface area (Å²) in [6.45, 7) is 6.75. The predicted octanol–water partition coefficient (Wildman–Crippen LogP) is 0.792. The third kappa shape index (κ3) is 4.13. The van der Waals surface area contributed by atoms with E-state index in [0.717, 1.165) is 0 Å². The monoisotopic (exact) mass is 232 g/mol. The van der Waals surface area contributed by atoms with E-state index >= 15 is 0 Å². The van der Waals surface area contributed by atoms with Gasteiger partial charge < -0.3 is 15.4 Å². The molecule has 2 unspecified atom stereocenters. The molecule has 0 heterocycles. The zero-order valence-corrected chi connectivity index (χ0v) is 10.6. The number of hydrogen-bond donors (Lipinski definition) is 1. The average molecular weight is 232 g/mol. The molecule has 0 spiro atoms. The first kappa shape index (κ1) is 14.3. The Morgan fingerprint density at radius 2 is 2.07 bits per heavy atom. The highest BCUT2D eigenvalue weighted by molar-refractivity contribution is 7.80. The Bertz CT molecular complexity index is 233. The van der Waals surface area contributed by atoms with E-state index in [1.165, 1.54) is 0 Å². The number of thiocarbonyl (C=S) groups is 1. The smallest absolute Gasteiger partial charge is 0.232 e. The van der Waals surface area contributed by atoms with E-state index < -0.39 is 5.92 Å². The van der Waals surface area contributed by atoms with Crippen LogP contribution in [-0.4, -0.2) is 42.1 Å². The topological polar surface area (TPSA) is 55.6 Å². The van der Waals surface area contributed by atoms with Crippen molar-refractivity contribution >= 4 is 23.1 Å². The highest BCUT2D eigenvalue weighted by atomic mass is 32.1. The van der Waals surface area contributed by atoms with Crippen LogP contribution in [0, 0.1) is 5.92 Å². The number of likely N-dealkylation sites (N-methyl/N-ethyl adjacent to an activating group) is 1. The number of carbonyl (C=O) groups is 1. The number of rotatable bonds is 6. The first-order valence-corrected chi connectivity index (χ1v) is 5.45. The second-order valence-electron chi connectivity index (χ2n) is 3.55. The van der Waals surface area contributed by atoms with E-state index in [0.29, 0.717) is 13.2 Å². The first-order valence-electron chi connectivity index (χ1n) is 5.04. The molecule has 0 aliphatic heterocycles. The van der Waals surface area contributed by atoms with Crippen LogP contribution in [0.5, 0.6) is 0 Å². The lowest BCUT2D eigenvalue weighted by atomic mass is 10.1. The van der Waals surface area contributed by atoms with Crippen molar-refractivity contribution in [3.63, 3.8) is 0 Å². The molecule has 0 saturated heterocycles. The molecule has 0 aromatic carbocycles. The maximum Gasteiger partial charge on any atom is 0.232 e. The van der Waals surface area contributed by atoms with Gasteiger partial charge in [0.05, 0.1) is 23.6 Å². The van der Waals surface area contributed by atoms with Crippen LogP contribution in [0.2, 0.25) is 0 Å². The van der Waals surface area contributed by atoms with Crippen molar-refractivity contribution in [3.8, 4) is 0 Å². The number of ether oxygens (including phenoxy) is 1. The molecular weight excluding hydrogens is 212 g/mol. The van der Waals surface area contributed by atoms with Crippen LogP contribution >= 0.6 is 12.2 Å². The molecule has 0 aliphatic rings. The summed E-state index contributed by atoms with van der Waals surface area (Å²) in [6, 6.07) is 0.0456. The molecule has 15 heavy (non-hydrogen) atoms. The number of amides is 1. The third-order valence-electron chi connectivity index (χ3n) is 2.36. The van der Waals surface area contributed by atoms with Gasteiger partial charge in [-0.25, -0.2) is 0 Å². The summed E-state index contributed by atoms with van der Waals surface area (Å²) in [7, 11) is 1.62. The van der Waals surface area contributed by atoms with Crippen LogP contribution in [0.25, 0.3) is 0 Å². The molecule has 0 bridgehead atoms. The molecule has 1 amide bonds. The van der Waals surface area contributed by atoms with Crippen LogP contribution in [0.3, 0.4) is 0 Å². The number of hydrogen-bond acceptors (Lipinski definition) is 3. The van der Waals surface area contributed by atoms with Crippen molar-refractivity contribution in [2.75, 3.05) is 20.3 Å². The van der Waals surface area contributed by atoms with Gasteiger partial charge in [0.1, 0.15) is 0 Å². The summed E-state index contributed by atoms with van der Waals surface area (Å²) in [5, 5.41) is 0. The largest absolute Gasteiger partial charge is 0.393 e. The Morgan fingerprint density at radius 1 is 1.53 bits per heavy atom. The average Bonchev–Trinajstić information content (AvgIpc) is 2.17. The molecular formula is C10H20N2O2S. The van der Waals surface area contributed by atoms with Crippen molar-refractivity contribution in [1.29, 1.82) is 0 Å². The van der Waals surface area contributed by atoms with Crippen LogP contribution in [0.4, 0.5) is 0 Å². The molecule has 0 aromatic heterocycles. The second kappa shape index (κ2) is 6.74. The van der Waals surface area contributed by atoms with Gasteiger partial charge in [-0.05, 0) is 20.8 Å². The molecule has 0 aromatic rings. The lowest BCUT2D eigenvalue weighted by molar-refractivity contribution is -0.135. The fraction of sp³-hybridized carbons (Fsp3) is 0.800. The lowest BCUT2D eigenvalue weighted by Gasteiger charge is -2.29. The molecule has 0 fully saturated rings. The van der Waals surface area contributed by atoms with Gasteiger partial charge in [-0.2, -0.15) is 0 Å². The van der Waals surface area contributed by atoms with Crippen molar-refractivity contribution < 1.29 is 9.53 Å². The molecule has 2 N–H and O–H groups in total. The minimum Gasteiger partial charge on any atom is -0.393 e. The zero-order chi connectivity index (χ0) is 12.0. The Balaban J connectivity index is 4.52. The number of methoxy groups -OCH3 is 1. The minimum atomic E-state index is -0.403. The lowest BCUT2D eigenvalue weighted by Crippen LogP contribution is -2.46. The van der Waals surface area contributed by atoms with Crippen LogP contribution in [0.15, 0.2) is 0 Å². The molecule has 2 atom stereocenters. The van der Waals surface area contributed by atoms with E-state index in [1.54, 1.807) is 18.9 Å². The normalized spacial score (nSPS) is 14.4. The Kier molecular flexibility index (Phi) is 6.43. The molecule has 0 rings (SSSR count). The summed E-state index contributed by atoms with van der Waals surface area (Å²) in [4.78, 5) is 13.9. The van der Waals surface area contributed by atoms with Crippen molar-refractivity contribution in [2.45, 2.75) is 26.8 Å². The Labute approximate surface area is 96.8 Å². The van der Waals surface area contributed by atoms with Gasteiger partial charge in [-0.15, -0.1) is 0 Å². The van der Waals surface area contributed by atoms with Crippen molar-refractivity contribution in [1.82, 2.24) is 4.90 Å². The summed E-state index contributed by atoms with van der Waals surface area (Å²) < 4.78 is 5.02. The quantitative estimate of drug-likeness (QED) is 0.688. The van der Waals surface area contributed by atoms with Crippen molar-refractivity contribution in [3.05, 3.63) is 0 Å². The maximum atomic E-state index is 11.9. The van der Waals surface area contributed by atoms with Gasteiger partial charge in [0.2, 0.25) is 5.91 Å². The molecule has 4 nitrogen and oxygen atoms in total. The zero-order valence-electron chi connectivity index (χ0n) is 9.82. The minimum absolute atomic E-state index is 0.0328. The third-order valence-corrected chi connectivity index (χ3v) is 2.71. The number of carbonyl (C=O) groups excluding carboxylic acids is 1. The highest BCUT2D eigenvalue weighted by Crippen LogP contribution is 2.07. The van der Waals surface area contributed by atoms with Crippen LogP contribution < -0.4 is 5.73 Å². The standard InChI is InChI=1S/C10H20N2O2S/c1-5-12(7(2)6-14-4)10(13)8(3)9(11)15/h7-8H,5-6H2,1-4H3,(H2,11,15). The Morgan fingerprint density at radius 3 is 2.40 bits per heavy atom. The van der Waals surface area contributed by atoms with Crippen molar-refractivity contribution in [2.24, 2.45) is 11.7 Å². The molecule has 0 radical (unpaired) electrons. The number of nitrogens with two attached hydrogens (primary N) is 1. The fourth-order valence-electron chi connectivity index (χ4n) is 1.39. The summed E-state index contributed by atoms with van der Waals surface area (Å²) in [6.07, 6.45) is 0. The van der Waals surface area contributed by atoms with Gasteiger partial charge in [-0.1, -0.05) is 12.2 Å². The summed E-state index contributed by atoms with van der Waals surface area (Å²) in [5.74, 6) is -0.436. The van der Waals surface area contributed by atoms with Gasteiger partial charge in [0, 0.05) is 13.7 Å². The van der Waals surface area contributed by atoms with Gasteiger partial charge in [-0.3, -0.25) is 4.79 Å². The van der Waals surface area contributed by atoms with E-state index in [9.17, 15) is 4.79 Å². The van der Waals surface area contributed by atoms with E-state index in [-0.39, 0.29) is 16.9 Å². The number of nitrogens with zero attached hydrogens (tertiary/aromatic N) is 1. The van der Waals surface area contributed by atoms with Gasteiger partial charge >= 0.3 is 0 Å². The second-order valence-corrected chi connectivity index (χ2v) is 4.02. The SMILES string of the molecule is CCN(C(=O)C(C)C(N)=S)C(C)COC. The Hall–Kier alpha value is -0.680. The van der Waals surface area contributed by atoms with Gasteiger partial charge in [0.25, 0.3) is 0 Å². The summed E-state index contributed by atoms with van der Waals surface area (Å²) >= 11 is 4.81. The highest BCUT2D eigenvalue weighted by Gasteiger charge is 2.24.